The molecule has 2 heterocycles. The van der Waals surface area contributed by atoms with Gasteiger partial charge in [0, 0.05) is 13.0 Å². The average Bonchev–Trinajstić information content (AvgIpc) is 3.07. The van der Waals surface area contributed by atoms with Crippen LogP contribution in [0.5, 0.6) is 0 Å². The van der Waals surface area contributed by atoms with Crippen LogP contribution in [0.15, 0.2) is 41.2 Å². The zero-order valence-corrected chi connectivity index (χ0v) is 12.2. The molecule has 2 aromatic rings. The molecule has 1 aliphatic rings. The van der Waals surface area contributed by atoms with Crippen molar-refractivity contribution in [2.45, 2.75) is 25.9 Å². The first kappa shape index (κ1) is 14.3. The molecule has 0 fully saturated rings. The van der Waals surface area contributed by atoms with Crippen LogP contribution in [0.1, 0.15) is 28.4 Å². The second-order valence-corrected chi connectivity index (χ2v) is 5.09. The predicted molar refractivity (Wildman–Crippen MR) is 76.9 cm³/mol. The number of ether oxygens (including phenoxy) is 1. The molecule has 0 saturated heterocycles. The summed E-state index contributed by atoms with van der Waals surface area (Å²) in [6.07, 6.45) is 3.09. The summed E-state index contributed by atoms with van der Waals surface area (Å²) in [6.45, 7) is 2.40. The Hall–Kier alpha value is -2.63. The number of nitrogens with zero attached hydrogens (tertiary/aromatic N) is 2. The monoisotopic (exact) mass is 300 g/mol. The molecule has 6 nitrogen and oxygen atoms in total. The molecule has 1 aliphatic heterocycles. The smallest absolute Gasteiger partial charge is 0.329 e. The van der Waals surface area contributed by atoms with Crippen molar-refractivity contribution in [3.63, 3.8) is 0 Å². The van der Waals surface area contributed by atoms with Crippen LogP contribution in [-0.2, 0) is 22.5 Å². The van der Waals surface area contributed by atoms with Crippen LogP contribution < -0.4 is 0 Å². The molecule has 22 heavy (non-hydrogen) atoms. The lowest BCUT2D eigenvalue weighted by atomic mass is 9.93. The maximum Gasteiger partial charge on any atom is 0.329 e. The molecule has 0 saturated carbocycles. The maximum absolute atomic E-state index is 12.6. The van der Waals surface area contributed by atoms with E-state index in [-0.39, 0.29) is 18.5 Å². The lowest BCUT2D eigenvalue weighted by molar-refractivity contribution is -0.149. The number of hydrogen-bond donors (Lipinski definition) is 0. The Morgan fingerprint density at radius 1 is 1.36 bits per heavy atom. The molecule has 1 aromatic carbocycles. The Balaban J connectivity index is 1.94. The number of benzene rings is 1. The van der Waals surface area contributed by atoms with E-state index in [1.807, 2.05) is 24.3 Å². The highest BCUT2D eigenvalue weighted by atomic mass is 16.5. The number of amides is 1. The quantitative estimate of drug-likeness (QED) is 0.808. The number of hydrogen-bond acceptors (Lipinski definition) is 5. The van der Waals surface area contributed by atoms with Gasteiger partial charge in [0.1, 0.15) is 12.3 Å². The van der Waals surface area contributed by atoms with Gasteiger partial charge >= 0.3 is 5.97 Å². The van der Waals surface area contributed by atoms with Gasteiger partial charge < -0.3 is 14.2 Å². The zero-order valence-electron chi connectivity index (χ0n) is 12.2. The maximum atomic E-state index is 12.6. The number of aromatic nitrogens is 1. The highest BCUT2D eigenvalue weighted by Crippen LogP contribution is 2.25. The van der Waals surface area contributed by atoms with Gasteiger partial charge in [-0.05, 0) is 18.1 Å². The normalized spacial score (nSPS) is 17.0. The van der Waals surface area contributed by atoms with Crippen LogP contribution in [0, 0.1) is 0 Å². The van der Waals surface area contributed by atoms with E-state index in [0.29, 0.717) is 18.5 Å². The van der Waals surface area contributed by atoms with Crippen LogP contribution >= 0.6 is 0 Å². The average molecular weight is 300 g/mol. The van der Waals surface area contributed by atoms with Gasteiger partial charge in [-0.2, -0.15) is 0 Å². The van der Waals surface area contributed by atoms with Crippen molar-refractivity contribution in [1.82, 2.24) is 10.1 Å². The van der Waals surface area contributed by atoms with Crippen LogP contribution in [0.4, 0.5) is 0 Å². The fraction of sp³-hybridized carbons (Fsp3) is 0.312. The Kier molecular flexibility index (Phi) is 3.91. The van der Waals surface area contributed by atoms with Gasteiger partial charge in [-0.3, -0.25) is 4.79 Å². The third kappa shape index (κ3) is 2.59. The Morgan fingerprint density at radius 2 is 2.14 bits per heavy atom. The third-order valence-corrected chi connectivity index (χ3v) is 3.75. The number of fused-ring (bicyclic) bond motifs is 1. The highest BCUT2D eigenvalue weighted by molar-refractivity contribution is 5.96. The summed E-state index contributed by atoms with van der Waals surface area (Å²) in [7, 11) is 0. The van der Waals surface area contributed by atoms with Gasteiger partial charge in [-0.1, -0.05) is 29.4 Å². The number of carbonyl (C=O) groups excluding carboxylic acids is 2. The molecule has 1 unspecified atom stereocenters. The summed E-state index contributed by atoms with van der Waals surface area (Å²) in [5.41, 5.74) is 2.43. The van der Waals surface area contributed by atoms with Gasteiger partial charge in [0.25, 0.3) is 5.91 Å². The number of carbonyl (C=O) groups is 2. The molecule has 0 bridgehead atoms. The minimum atomic E-state index is -0.628. The van der Waals surface area contributed by atoms with Crippen molar-refractivity contribution in [1.29, 1.82) is 0 Å². The molecule has 1 amide bonds. The molecule has 3 rings (SSSR count). The van der Waals surface area contributed by atoms with Gasteiger partial charge in [-0.15, -0.1) is 0 Å². The lowest BCUT2D eigenvalue weighted by Crippen LogP contribution is -2.49. The minimum Gasteiger partial charge on any atom is -0.464 e. The van der Waals surface area contributed by atoms with Crippen molar-refractivity contribution in [2.24, 2.45) is 0 Å². The largest absolute Gasteiger partial charge is 0.464 e. The van der Waals surface area contributed by atoms with E-state index in [2.05, 4.69) is 5.16 Å². The second kappa shape index (κ2) is 6.01. The summed E-state index contributed by atoms with van der Waals surface area (Å²) in [5, 5.41) is 3.55. The van der Waals surface area contributed by atoms with Crippen molar-refractivity contribution in [3.8, 4) is 0 Å². The SMILES string of the molecule is CCOC(=O)C1Cc2ccccc2CN1C(=O)c1cnoc1. The van der Waals surface area contributed by atoms with E-state index in [1.165, 1.54) is 17.4 Å². The molecule has 6 heteroatoms. The Morgan fingerprint density at radius 3 is 2.82 bits per heavy atom. The van der Waals surface area contributed by atoms with Crippen molar-refractivity contribution in [3.05, 3.63) is 53.4 Å². The van der Waals surface area contributed by atoms with Gasteiger partial charge in [0.2, 0.25) is 0 Å². The zero-order chi connectivity index (χ0) is 15.5. The van der Waals surface area contributed by atoms with E-state index in [1.54, 1.807) is 6.92 Å². The summed E-state index contributed by atoms with van der Waals surface area (Å²) < 4.78 is 9.85. The first-order valence-electron chi connectivity index (χ1n) is 7.14. The van der Waals surface area contributed by atoms with Crippen molar-refractivity contribution in [2.75, 3.05) is 6.61 Å². The Bertz CT molecular complexity index is 681. The highest BCUT2D eigenvalue weighted by Gasteiger charge is 2.36. The van der Waals surface area contributed by atoms with Crippen LogP contribution in [0.25, 0.3) is 0 Å². The molecule has 0 spiro atoms. The minimum absolute atomic E-state index is 0.284. The first-order chi connectivity index (χ1) is 10.7. The van der Waals surface area contributed by atoms with Crippen LogP contribution in [-0.4, -0.2) is 34.6 Å². The molecule has 1 atom stereocenters. The molecule has 1 aromatic heterocycles. The van der Waals surface area contributed by atoms with E-state index in [4.69, 9.17) is 9.26 Å². The Labute approximate surface area is 127 Å². The molecular weight excluding hydrogens is 284 g/mol. The van der Waals surface area contributed by atoms with E-state index >= 15 is 0 Å². The lowest BCUT2D eigenvalue weighted by Gasteiger charge is -2.35. The molecular formula is C16H16N2O4. The third-order valence-electron chi connectivity index (χ3n) is 3.75. The van der Waals surface area contributed by atoms with Gasteiger partial charge in [0.15, 0.2) is 0 Å². The van der Waals surface area contributed by atoms with Crippen molar-refractivity contribution < 1.29 is 18.8 Å². The second-order valence-electron chi connectivity index (χ2n) is 5.09. The van der Waals surface area contributed by atoms with Gasteiger partial charge in [-0.25, -0.2) is 4.79 Å². The molecule has 0 N–H and O–H groups in total. The predicted octanol–water partition coefficient (Wildman–Crippen LogP) is 1.80. The molecule has 0 aliphatic carbocycles. The van der Waals surface area contributed by atoms with E-state index in [0.717, 1.165) is 11.1 Å². The van der Waals surface area contributed by atoms with Gasteiger partial charge in [0.05, 0.1) is 18.4 Å². The topological polar surface area (TPSA) is 72.6 Å². The standard InChI is InChI=1S/C16H16N2O4/c1-2-21-16(20)14-7-11-5-3-4-6-12(11)9-18(14)15(19)13-8-17-22-10-13/h3-6,8,10,14H,2,7,9H2,1H3. The van der Waals surface area contributed by atoms with Crippen LogP contribution in [0.2, 0.25) is 0 Å². The summed E-state index contributed by atoms with van der Waals surface area (Å²) in [5.74, 6) is -0.671. The van der Waals surface area contributed by atoms with E-state index in [9.17, 15) is 9.59 Å². The summed E-state index contributed by atoms with van der Waals surface area (Å²) >= 11 is 0. The number of esters is 1. The first-order valence-corrected chi connectivity index (χ1v) is 7.14. The summed E-state index contributed by atoms with van der Waals surface area (Å²) in [6, 6.07) is 7.16. The molecule has 114 valence electrons. The number of rotatable bonds is 3. The summed E-state index contributed by atoms with van der Waals surface area (Å²) in [4.78, 5) is 26.4. The van der Waals surface area contributed by atoms with Crippen molar-refractivity contribution >= 4 is 11.9 Å². The fourth-order valence-corrected chi connectivity index (χ4v) is 2.66. The fourth-order valence-electron chi connectivity index (χ4n) is 2.66. The molecule has 0 radical (unpaired) electrons. The van der Waals surface area contributed by atoms with Crippen LogP contribution in [0.3, 0.4) is 0 Å². The van der Waals surface area contributed by atoms with E-state index < -0.39 is 6.04 Å².